The fraction of sp³-hybridized carbons (Fsp3) is 0.389. The molecule has 1 amide bonds. The zero-order chi connectivity index (χ0) is 20.4. The summed E-state index contributed by atoms with van der Waals surface area (Å²) >= 11 is 1.09. The van der Waals surface area contributed by atoms with Crippen molar-refractivity contribution in [3.05, 3.63) is 52.9 Å². The van der Waals surface area contributed by atoms with Crippen molar-refractivity contribution < 1.29 is 21.6 Å². The van der Waals surface area contributed by atoms with Crippen LogP contribution in [-0.4, -0.2) is 45.9 Å². The first-order valence-corrected chi connectivity index (χ1v) is 12.8. The zero-order valence-electron chi connectivity index (χ0n) is 15.4. The molecule has 1 aliphatic rings. The lowest BCUT2D eigenvalue weighted by molar-refractivity contribution is -0.119. The van der Waals surface area contributed by atoms with E-state index in [4.69, 9.17) is 0 Å². The van der Waals surface area contributed by atoms with Gasteiger partial charge in [0.2, 0.25) is 5.91 Å². The molecule has 7 nitrogen and oxygen atoms in total. The lowest BCUT2D eigenvalue weighted by atomic mass is 10.1. The molecule has 0 unspecified atom stereocenters. The van der Waals surface area contributed by atoms with Gasteiger partial charge in [0.1, 0.15) is 4.21 Å². The molecule has 0 bridgehead atoms. The number of rotatable bonds is 5. The first kappa shape index (κ1) is 21.0. The van der Waals surface area contributed by atoms with E-state index in [1.807, 2.05) is 6.07 Å². The van der Waals surface area contributed by atoms with E-state index in [0.717, 1.165) is 16.2 Å². The summed E-state index contributed by atoms with van der Waals surface area (Å²) in [5.41, 5.74) is 0.690. The predicted molar refractivity (Wildman–Crippen MR) is 108 cm³/mol. The van der Waals surface area contributed by atoms with Gasteiger partial charge in [-0.25, -0.2) is 16.8 Å². The number of sulfone groups is 1. The number of nitrogens with zero attached hydrogens (tertiary/aromatic N) is 1. The number of sulfonamides is 1. The van der Waals surface area contributed by atoms with Crippen molar-refractivity contribution in [3.8, 4) is 0 Å². The maximum Gasteiger partial charge on any atom is 0.252 e. The average Bonchev–Trinajstić information content (AvgIpc) is 3.06. The average molecular weight is 443 g/mol. The molecule has 0 spiro atoms. The summed E-state index contributed by atoms with van der Waals surface area (Å²) in [5.74, 6) is -0.405. The number of hydrogen-bond acceptors (Lipinski definition) is 6. The molecule has 1 aromatic heterocycles. The molecule has 152 valence electrons. The molecule has 1 atom stereocenters. The molecule has 2 aromatic rings. The van der Waals surface area contributed by atoms with Crippen LogP contribution in [0.4, 0.5) is 0 Å². The van der Waals surface area contributed by atoms with Crippen LogP contribution in [0.5, 0.6) is 0 Å². The Hall–Kier alpha value is -1.75. The van der Waals surface area contributed by atoms with Crippen molar-refractivity contribution >= 4 is 37.1 Å². The molecule has 1 aliphatic heterocycles. The lowest BCUT2D eigenvalue weighted by Crippen LogP contribution is -2.33. The highest BCUT2D eigenvalue weighted by atomic mass is 32.2. The maximum atomic E-state index is 13.0. The van der Waals surface area contributed by atoms with Gasteiger partial charge in [0, 0.05) is 24.9 Å². The molecule has 0 radical (unpaired) electrons. The molecule has 0 saturated carbocycles. The Balaban J connectivity index is 1.80. The summed E-state index contributed by atoms with van der Waals surface area (Å²) < 4.78 is 52.8. The first-order chi connectivity index (χ1) is 13.2. The van der Waals surface area contributed by atoms with Crippen molar-refractivity contribution in [1.82, 2.24) is 9.62 Å². The lowest BCUT2D eigenvalue weighted by Gasteiger charge is -2.18. The van der Waals surface area contributed by atoms with Crippen molar-refractivity contribution in [2.75, 3.05) is 18.8 Å². The minimum Gasteiger partial charge on any atom is -0.351 e. The second-order valence-corrected chi connectivity index (χ2v) is 12.2. The largest absolute Gasteiger partial charge is 0.351 e. The third-order valence-corrected chi connectivity index (χ3v) is 10.2. The van der Waals surface area contributed by atoms with Crippen molar-refractivity contribution in [2.24, 2.45) is 0 Å². The first-order valence-electron chi connectivity index (χ1n) is 8.80. The van der Waals surface area contributed by atoms with Crippen LogP contribution in [0.3, 0.4) is 0 Å². The van der Waals surface area contributed by atoms with E-state index < -0.39 is 25.1 Å². The van der Waals surface area contributed by atoms with Gasteiger partial charge >= 0.3 is 0 Å². The summed E-state index contributed by atoms with van der Waals surface area (Å²) in [4.78, 5) is 11.7. The van der Waals surface area contributed by atoms with Crippen molar-refractivity contribution in [3.63, 3.8) is 0 Å². The van der Waals surface area contributed by atoms with Crippen molar-refractivity contribution in [2.45, 2.75) is 29.3 Å². The predicted octanol–water partition coefficient (Wildman–Crippen LogP) is 1.93. The highest BCUT2D eigenvalue weighted by Gasteiger charge is 2.36. The Kier molecular flexibility index (Phi) is 6.23. The number of carbonyl (C=O) groups is 1. The van der Waals surface area contributed by atoms with Gasteiger partial charge in [0.15, 0.2) is 9.84 Å². The van der Waals surface area contributed by atoms with Gasteiger partial charge < -0.3 is 5.32 Å². The van der Waals surface area contributed by atoms with E-state index in [9.17, 15) is 21.6 Å². The third kappa shape index (κ3) is 4.62. The van der Waals surface area contributed by atoms with E-state index in [2.05, 4.69) is 5.32 Å². The van der Waals surface area contributed by atoms with E-state index in [1.165, 1.54) is 17.3 Å². The van der Waals surface area contributed by atoms with E-state index in [-0.39, 0.29) is 41.9 Å². The number of thiophene rings is 1. The number of nitrogens with one attached hydrogen (secondary N) is 1. The zero-order valence-corrected chi connectivity index (χ0v) is 17.8. The number of carbonyl (C=O) groups excluding carboxylic acids is 1. The molecule has 1 N–H and O–H groups in total. The van der Waals surface area contributed by atoms with Gasteiger partial charge in [-0.15, -0.1) is 11.3 Å². The Morgan fingerprint density at radius 3 is 2.57 bits per heavy atom. The van der Waals surface area contributed by atoms with Gasteiger partial charge in [0.25, 0.3) is 10.0 Å². The Bertz CT molecular complexity index is 1050. The van der Waals surface area contributed by atoms with Crippen molar-refractivity contribution in [1.29, 1.82) is 0 Å². The smallest absolute Gasteiger partial charge is 0.252 e. The number of amides is 1. The molecule has 2 heterocycles. The number of hydrogen-bond donors (Lipinski definition) is 1. The summed E-state index contributed by atoms with van der Waals surface area (Å²) in [6.45, 7) is 1.74. The van der Waals surface area contributed by atoms with Crippen LogP contribution < -0.4 is 5.32 Å². The van der Waals surface area contributed by atoms with E-state index in [0.29, 0.717) is 5.56 Å². The fourth-order valence-electron chi connectivity index (χ4n) is 3.14. The van der Waals surface area contributed by atoms with E-state index in [1.54, 1.807) is 30.3 Å². The Morgan fingerprint density at radius 2 is 1.89 bits per heavy atom. The fourth-order valence-corrected chi connectivity index (χ4v) is 7.95. The van der Waals surface area contributed by atoms with Crippen LogP contribution in [-0.2, 0) is 31.2 Å². The summed E-state index contributed by atoms with van der Waals surface area (Å²) in [6.07, 6.45) is 0.218. The molecule has 1 aromatic carbocycles. The standard InChI is InChI=1S/C18H22N2O5S3/c1-14(21)19-13-16-7-8-18(26-16)28(24,25)20-10-9-17(27(22,23)12-11-20)15-5-3-2-4-6-15/h2-8,17H,9-13H2,1H3,(H,19,21)/t17-/m1/s1. The molecular weight excluding hydrogens is 420 g/mol. The van der Waals surface area contributed by atoms with Gasteiger partial charge in [-0.05, 0) is 24.1 Å². The SMILES string of the molecule is CC(=O)NCc1ccc(S(=O)(=O)N2CC[C@H](c3ccccc3)S(=O)(=O)CC2)s1. The van der Waals surface area contributed by atoms with Crippen LogP contribution in [0, 0.1) is 0 Å². The molecule has 1 fully saturated rings. The molecule has 1 saturated heterocycles. The third-order valence-electron chi connectivity index (χ3n) is 4.61. The topological polar surface area (TPSA) is 101 Å². The van der Waals surface area contributed by atoms with Crippen LogP contribution in [0.2, 0.25) is 0 Å². The maximum absolute atomic E-state index is 13.0. The second-order valence-electron chi connectivity index (χ2n) is 6.59. The molecule has 28 heavy (non-hydrogen) atoms. The molecule has 10 heteroatoms. The Labute approximate surface area is 169 Å². The molecule has 3 rings (SSSR count). The van der Waals surface area contributed by atoms with Gasteiger partial charge in [-0.1, -0.05) is 30.3 Å². The molecular formula is C18H22N2O5S3. The van der Waals surface area contributed by atoms with E-state index >= 15 is 0 Å². The van der Waals surface area contributed by atoms with Gasteiger partial charge in [0.05, 0.1) is 17.5 Å². The summed E-state index contributed by atoms with van der Waals surface area (Å²) in [5, 5.41) is 1.93. The highest BCUT2D eigenvalue weighted by molar-refractivity contribution is 7.92. The van der Waals surface area contributed by atoms with Gasteiger partial charge in [-0.2, -0.15) is 4.31 Å². The minimum absolute atomic E-state index is 0.0626. The summed E-state index contributed by atoms with van der Waals surface area (Å²) in [6, 6.07) is 12.1. The van der Waals surface area contributed by atoms with Gasteiger partial charge in [-0.3, -0.25) is 4.79 Å². The van der Waals surface area contributed by atoms with Crippen LogP contribution in [0.1, 0.15) is 29.0 Å². The highest BCUT2D eigenvalue weighted by Crippen LogP contribution is 2.32. The Morgan fingerprint density at radius 1 is 1.18 bits per heavy atom. The normalized spacial score (nSPS) is 20.4. The quantitative estimate of drug-likeness (QED) is 0.763. The summed E-state index contributed by atoms with van der Waals surface area (Å²) in [7, 11) is -7.24. The number of benzene rings is 1. The minimum atomic E-state index is -3.78. The second kappa shape index (κ2) is 8.32. The monoisotopic (exact) mass is 442 g/mol. The molecule has 0 aliphatic carbocycles. The van der Waals surface area contributed by atoms with Crippen LogP contribution >= 0.6 is 11.3 Å². The van der Waals surface area contributed by atoms with Crippen LogP contribution in [0.25, 0.3) is 0 Å². The van der Waals surface area contributed by atoms with Crippen LogP contribution in [0.15, 0.2) is 46.7 Å².